The van der Waals surface area contributed by atoms with Gasteiger partial charge in [0.1, 0.15) is 0 Å². The lowest BCUT2D eigenvalue weighted by Gasteiger charge is -2.13. The van der Waals surface area contributed by atoms with Crippen LogP contribution >= 0.6 is 0 Å². The number of pyridine rings is 1. The van der Waals surface area contributed by atoms with Gasteiger partial charge < -0.3 is 10.1 Å². The van der Waals surface area contributed by atoms with Gasteiger partial charge in [-0.15, -0.1) is 0 Å². The lowest BCUT2D eigenvalue weighted by Crippen LogP contribution is -2.13. The Balaban J connectivity index is 2.47. The third-order valence-electron chi connectivity index (χ3n) is 3.00. The molecule has 1 heterocycles. The molecule has 0 saturated carbocycles. The predicted octanol–water partition coefficient (Wildman–Crippen LogP) is 3.01. The Kier molecular flexibility index (Phi) is 6.63. The fraction of sp³-hybridized carbons (Fsp3) is 0.643. The van der Waals surface area contributed by atoms with E-state index in [0.717, 1.165) is 38.4 Å². The number of rotatable bonds is 8. The lowest BCUT2D eigenvalue weighted by molar-refractivity contribution is 0.232. The van der Waals surface area contributed by atoms with Crippen molar-refractivity contribution in [2.75, 3.05) is 13.2 Å². The van der Waals surface area contributed by atoms with Crippen LogP contribution in [0.4, 0.5) is 0 Å². The van der Waals surface area contributed by atoms with E-state index in [1.165, 1.54) is 5.56 Å². The van der Waals surface area contributed by atoms with Crippen molar-refractivity contribution in [3.63, 3.8) is 0 Å². The summed E-state index contributed by atoms with van der Waals surface area (Å²) in [7, 11) is 0. The van der Waals surface area contributed by atoms with E-state index in [4.69, 9.17) is 4.74 Å². The highest BCUT2D eigenvalue weighted by Gasteiger charge is 2.05. The molecule has 1 aromatic rings. The fourth-order valence-corrected chi connectivity index (χ4v) is 1.64. The number of hydrogen-bond acceptors (Lipinski definition) is 3. The Morgan fingerprint density at radius 2 is 2.06 bits per heavy atom. The molecule has 0 atom stereocenters. The largest absolute Gasteiger partial charge is 0.477 e. The smallest absolute Gasteiger partial charge is 0.213 e. The van der Waals surface area contributed by atoms with Crippen molar-refractivity contribution in [1.29, 1.82) is 0 Å². The van der Waals surface area contributed by atoms with Crippen molar-refractivity contribution in [3.05, 3.63) is 23.9 Å². The summed E-state index contributed by atoms with van der Waals surface area (Å²) in [6.45, 7) is 9.13. The van der Waals surface area contributed by atoms with Crippen LogP contribution in [0.2, 0.25) is 0 Å². The number of hydrogen-bond donors (Lipinski definition) is 1. The Hall–Kier alpha value is -1.09. The number of nitrogens with one attached hydrogen (secondary N) is 1. The summed E-state index contributed by atoms with van der Waals surface area (Å²) in [5.74, 6) is 1.38. The van der Waals surface area contributed by atoms with Crippen LogP contribution < -0.4 is 10.1 Å². The second-order valence-corrected chi connectivity index (χ2v) is 4.28. The molecule has 96 valence electrons. The first-order valence-electron chi connectivity index (χ1n) is 6.58. The van der Waals surface area contributed by atoms with Crippen molar-refractivity contribution in [2.45, 2.75) is 40.2 Å². The predicted molar refractivity (Wildman–Crippen MR) is 71.2 cm³/mol. The Morgan fingerprint density at radius 3 is 2.71 bits per heavy atom. The van der Waals surface area contributed by atoms with Crippen molar-refractivity contribution >= 4 is 0 Å². The van der Waals surface area contributed by atoms with Crippen LogP contribution in [-0.4, -0.2) is 18.1 Å². The van der Waals surface area contributed by atoms with Gasteiger partial charge in [-0.05, 0) is 24.1 Å². The van der Waals surface area contributed by atoms with E-state index >= 15 is 0 Å². The minimum absolute atomic E-state index is 0.634. The van der Waals surface area contributed by atoms with Gasteiger partial charge in [0, 0.05) is 18.8 Å². The zero-order chi connectivity index (χ0) is 12.5. The van der Waals surface area contributed by atoms with Crippen LogP contribution in [0.25, 0.3) is 0 Å². The maximum absolute atomic E-state index is 5.73. The van der Waals surface area contributed by atoms with Crippen LogP contribution in [0.5, 0.6) is 5.88 Å². The zero-order valence-electron chi connectivity index (χ0n) is 11.2. The highest BCUT2D eigenvalue weighted by atomic mass is 16.5. The quantitative estimate of drug-likeness (QED) is 0.753. The standard InChI is InChI=1S/C14H24N2O/c1-4-12(5-2)11-17-14-9-13(7-8-16-14)10-15-6-3/h7-9,12,15H,4-6,10-11H2,1-3H3. The maximum atomic E-state index is 5.73. The summed E-state index contributed by atoms with van der Waals surface area (Å²) in [5.41, 5.74) is 1.22. The molecule has 1 rings (SSSR count). The van der Waals surface area contributed by atoms with E-state index in [0.29, 0.717) is 5.92 Å². The molecule has 17 heavy (non-hydrogen) atoms. The van der Waals surface area contributed by atoms with Crippen molar-refractivity contribution in [1.82, 2.24) is 10.3 Å². The van der Waals surface area contributed by atoms with Gasteiger partial charge in [0.2, 0.25) is 5.88 Å². The van der Waals surface area contributed by atoms with Gasteiger partial charge in [-0.25, -0.2) is 4.98 Å². The van der Waals surface area contributed by atoms with Crippen LogP contribution in [0.15, 0.2) is 18.3 Å². The lowest BCUT2D eigenvalue weighted by atomic mass is 10.1. The normalized spacial score (nSPS) is 10.8. The van der Waals surface area contributed by atoms with Gasteiger partial charge in [0.05, 0.1) is 6.61 Å². The van der Waals surface area contributed by atoms with Gasteiger partial charge in [0.15, 0.2) is 0 Å². The summed E-state index contributed by atoms with van der Waals surface area (Å²) >= 11 is 0. The topological polar surface area (TPSA) is 34.2 Å². The average Bonchev–Trinajstić information content (AvgIpc) is 2.38. The third-order valence-corrected chi connectivity index (χ3v) is 3.00. The third kappa shape index (κ3) is 5.18. The van der Waals surface area contributed by atoms with Gasteiger partial charge in [-0.2, -0.15) is 0 Å². The van der Waals surface area contributed by atoms with Gasteiger partial charge in [-0.3, -0.25) is 0 Å². The van der Waals surface area contributed by atoms with Crippen LogP contribution in [0.1, 0.15) is 39.2 Å². The average molecular weight is 236 g/mol. The number of ether oxygens (including phenoxy) is 1. The molecule has 0 radical (unpaired) electrons. The van der Waals surface area contributed by atoms with E-state index in [-0.39, 0.29) is 0 Å². The molecule has 0 aromatic carbocycles. The summed E-state index contributed by atoms with van der Waals surface area (Å²) in [4.78, 5) is 4.24. The summed E-state index contributed by atoms with van der Waals surface area (Å²) < 4.78 is 5.73. The highest BCUT2D eigenvalue weighted by molar-refractivity contribution is 5.20. The molecular weight excluding hydrogens is 212 g/mol. The van der Waals surface area contributed by atoms with Gasteiger partial charge in [0.25, 0.3) is 0 Å². The molecule has 1 aromatic heterocycles. The molecule has 0 unspecified atom stereocenters. The van der Waals surface area contributed by atoms with Crippen molar-refractivity contribution < 1.29 is 4.74 Å². The van der Waals surface area contributed by atoms with Crippen LogP contribution in [-0.2, 0) is 6.54 Å². The first-order chi connectivity index (χ1) is 8.30. The first kappa shape index (κ1) is 14.0. The minimum atomic E-state index is 0.634. The molecule has 3 heteroatoms. The molecule has 0 fully saturated rings. The molecule has 0 aliphatic rings. The molecule has 0 aliphatic carbocycles. The Morgan fingerprint density at radius 1 is 1.29 bits per heavy atom. The summed E-state index contributed by atoms with van der Waals surface area (Å²) in [5, 5.41) is 3.30. The first-order valence-corrected chi connectivity index (χ1v) is 6.58. The zero-order valence-corrected chi connectivity index (χ0v) is 11.2. The van der Waals surface area contributed by atoms with Crippen LogP contribution in [0.3, 0.4) is 0 Å². The molecule has 0 amide bonds. The summed E-state index contributed by atoms with van der Waals surface area (Å²) in [6.07, 6.45) is 4.13. The SMILES string of the molecule is CCNCc1ccnc(OCC(CC)CC)c1. The monoisotopic (exact) mass is 236 g/mol. The van der Waals surface area contributed by atoms with Gasteiger partial charge in [-0.1, -0.05) is 33.6 Å². The van der Waals surface area contributed by atoms with E-state index in [1.807, 2.05) is 18.3 Å². The van der Waals surface area contributed by atoms with E-state index in [2.05, 4.69) is 31.1 Å². The maximum Gasteiger partial charge on any atom is 0.213 e. The molecule has 0 saturated heterocycles. The molecular formula is C14H24N2O. The van der Waals surface area contributed by atoms with E-state index in [9.17, 15) is 0 Å². The summed E-state index contributed by atoms with van der Waals surface area (Å²) in [6, 6.07) is 4.04. The molecule has 0 spiro atoms. The molecule has 0 aliphatic heterocycles. The van der Waals surface area contributed by atoms with Crippen molar-refractivity contribution in [3.8, 4) is 5.88 Å². The fourth-order valence-electron chi connectivity index (χ4n) is 1.64. The second-order valence-electron chi connectivity index (χ2n) is 4.28. The molecule has 0 bridgehead atoms. The van der Waals surface area contributed by atoms with Crippen LogP contribution in [0, 0.1) is 5.92 Å². The Bertz CT molecular complexity index is 311. The Labute approximate surface area is 105 Å². The number of aromatic nitrogens is 1. The molecule has 3 nitrogen and oxygen atoms in total. The van der Waals surface area contributed by atoms with Gasteiger partial charge >= 0.3 is 0 Å². The van der Waals surface area contributed by atoms with Crippen molar-refractivity contribution in [2.24, 2.45) is 5.92 Å². The minimum Gasteiger partial charge on any atom is -0.477 e. The molecule has 1 N–H and O–H groups in total. The second kappa shape index (κ2) is 8.07. The van der Waals surface area contributed by atoms with E-state index < -0.39 is 0 Å². The highest BCUT2D eigenvalue weighted by Crippen LogP contribution is 2.13. The van der Waals surface area contributed by atoms with E-state index in [1.54, 1.807) is 0 Å². The number of nitrogens with zero attached hydrogens (tertiary/aromatic N) is 1.